The minimum absolute atomic E-state index is 0.0357. The molecule has 0 aliphatic rings. The first-order valence-electron chi connectivity index (χ1n) is 4.70. The number of aryl methyl sites for hydroxylation is 1. The highest BCUT2D eigenvalue weighted by molar-refractivity contribution is 6.41. The van der Waals surface area contributed by atoms with Gasteiger partial charge < -0.3 is 0 Å². The van der Waals surface area contributed by atoms with Crippen LogP contribution in [-0.2, 0) is 6.54 Å². The highest BCUT2D eigenvalue weighted by Gasteiger charge is 2.17. The zero-order chi connectivity index (χ0) is 12.3. The molecule has 0 aliphatic carbocycles. The van der Waals surface area contributed by atoms with Crippen molar-refractivity contribution in [1.82, 2.24) is 9.78 Å². The normalized spacial score (nSPS) is 11.2. The average molecular weight is 260 g/mol. The zero-order valence-corrected chi connectivity index (χ0v) is 10.5. The Morgan fingerprint density at radius 3 is 2.75 bits per heavy atom. The molecule has 0 spiro atoms. The summed E-state index contributed by atoms with van der Waals surface area (Å²) < 4.78 is 1.22. The lowest BCUT2D eigenvalue weighted by Crippen LogP contribution is -2.25. The molecule has 1 heterocycles. The van der Waals surface area contributed by atoms with Crippen molar-refractivity contribution >= 4 is 23.2 Å². The van der Waals surface area contributed by atoms with E-state index in [1.54, 1.807) is 13.8 Å². The summed E-state index contributed by atoms with van der Waals surface area (Å²) in [5, 5.41) is 12.8. The fraction of sp³-hybridized carbons (Fsp3) is 0.500. The lowest BCUT2D eigenvalue weighted by Gasteiger charge is -2.14. The van der Waals surface area contributed by atoms with Crippen molar-refractivity contribution in [3.8, 4) is 6.07 Å². The van der Waals surface area contributed by atoms with E-state index in [2.05, 4.69) is 11.2 Å². The monoisotopic (exact) mass is 259 g/mol. The average Bonchev–Trinajstić information content (AvgIpc) is 2.25. The van der Waals surface area contributed by atoms with Gasteiger partial charge in [0.15, 0.2) is 0 Å². The number of nitriles is 1. The molecule has 0 bridgehead atoms. The van der Waals surface area contributed by atoms with Gasteiger partial charge >= 0.3 is 0 Å². The third kappa shape index (κ3) is 2.97. The molecule has 6 heteroatoms. The van der Waals surface area contributed by atoms with Crippen LogP contribution in [0.3, 0.4) is 0 Å². The van der Waals surface area contributed by atoms with E-state index in [1.807, 2.05) is 0 Å². The number of aromatic nitrogens is 2. The van der Waals surface area contributed by atoms with E-state index >= 15 is 0 Å². The van der Waals surface area contributed by atoms with Crippen LogP contribution in [0.25, 0.3) is 0 Å². The van der Waals surface area contributed by atoms with Crippen molar-refractivity contribution in [1.29, 1.82) is 5.26 Å². The van der Waals surface area contributed by atoms with Gasteiger partial charge in [0, 0.05) is 6.54 Å². The molecule has 4 nitrogen and oxygen atoms in total. The summed E-state index contributed by atoms with van der Waals surface area (Å²) in [4.78, 5) is 11.6. The van der Waals surface area contributed by atoms with Crippen molar-refractivity contribution < 1.29 is 0 Å². The number of nitrogens with zero attached hydrogens (tertiary/aromatic N) is 3. The Morgan fingerprint density at radius 2 is 2.19 bits per heavy atom. The van der Waals surface area contributed by atoms with Crippen LogP contribution in [0, 0.1) is 16.7 Å². The lowest BCUT2D eigenvalue weighted by molar-refractivity contribution is 0.391. The molecule has 1 rings (SSSR count). The van der Waals surface area contributed by atoms with Crippen LogP contribution in [0.15, 0.2) is 11.0 Å². The maximum atomic E-state index is 11.6. The smallest absolute Gasteiger partial charge is 0.266 e. The topological polar surface area (TPSA) is 58.7 Å². The summed E-state index contributed by atoms with van der Waals surface area (Å²) in [5.74, 6) is 0. The van der Waals surface area contributed by atoms with E-state index in [0.29, 0.717) is 13.0 Å². The first-order valence-corrected chi connectivity index (χ1v) is 5.45. The first-order chi connectivity index (χ1) is 7.37. The van der Waals surface area contributed by atoms with Gasteiger partial charge in [0.1, 0.15) is 5.02 Å². The van der Waals surface area contributed by atoms with E-state index in [1.165, 1.54) is 10.9 Å². The zero-order valence-electron chi connectivity index (χ0n) is 9.00. The van der Waals surface area contributed by atoms with Gasteiger partial charge in [-0.25, -0.2) is 4.68 Å². The van der Waals surface area contributed by atoms with Crippen LogP contribution >= 0.6 is 23.2 Å². The summed E-state index contributed by atoms with van der Waals surface area (Å²) in [6.07, 6.45) is 1.85. The first kappa shape index (κ1) is 13.0. The minimum atomic E-state index is -0.493. The van der Waals surface area contributed by atoms with Crippen LogP contribution < -0.4 is 5.56 Å². The molecule has 0 saturated heterocycles. The molecule has 0 N–H and O–H groups in total. The molecule has 86 valence electrons. The Hall–Kier alpha value is -1.05. The quantitative estimate of drug-likeness (QED) is 0.838. The predicted molar refractivity (Wildman–Crippen MR) is 62.5 cm³/mol. The van der Waals surface area contributed by atoms with E-state index in [-0.39, 0.29) is 10.0 Å². The summed E-state index contributed by atoms with van der Waals surface area (Å²) in [7, 11) is 0. The molecule has 0 saturated carbocycles. The number of hydrogen-bond donors (Lipinski definition) is 0. The lowest BCUT2D eigenvalue weighted by atomic mass is 9.92. The molecular formula is C10H11Cl2N3O. The molecule has 1 aromatic rings. The third-order valence-corrected chi connectivity index (χ3v) is 2.94. The fourth-order valence-corrected chi connectivity index (χ4v) is 1.32. The molecular weight excluding hydrogens is 249 g/mol. The van der Waals surface area contributed by atoms with Gasteiger partial charge in [-0.1, -0.05) is 23.2 Å². The van der Waals surface area contributed by atoms with Gasteiger partial charge in [-0.15, -0.1) is 0 Å². The molecule has 0 radical (unpaired) electrons. The summed E-state index contributed by atoms with van der Waals surface area (Å²) >= 11 is 11.3. The van der Waals surface area contributed by atoms with Crippen LogP contribution in [0.1, 0.15) is 20.3 Å². The second-order valence-corrected chi connectivity index (χ2v) is 4.87. The summed E-state index contributed by atoms with van der Waals surface area (Å²) in [6.45, 7) is 3.95. The van der Waals surface area contributed by atoms with Crippen LogP contribution in [0.5, 0.6) is 0 Å². The molecule has 1 aromatic heterocycles. The Kier molecular flexibility index (Phi) is 3.95. The van der Waals surface area contributed by atoms with E-state index in [4.69, 9.17) is 28.5 Å². The maximum absolute atomic E-state index is 11.6. The predicted octanol–water partition coefficient (Wildman–Crippen LogP) is 2.49. The van der Waals surface area contributed by atoms with Gasteiger partial charge in [-0.2, -0.15) is 10.4 Å². The molecule has 0 atom stereocenters. The van der Waals surface area contributed by atoms with Crippen molar-refractivity contribution in [2.75, 3.05) is 0 Å². The highest BCUT2D eigenvalue weighted by atomic mass is 35.5. The highest BCUT2D eigenvalue weighted by Crippen LogP contribution is 2.19. The fourth-order valence-electron chi connectivity index (χ4n) is 1.05. The van der Waals surface area contributed by atoms with Gasteiger partial charge in [-0.3, -0.25) is 4.79 Å². The van der Waals surface area contributed by atoms with Gasteiger partial charge in [0.25, 0.3) is 5.56 Å². The molecule has 0 amide bonds. The van der Waals surface area contributed by atoms with Crippen molar-refractivity contribution in [2.24, 2.45) is 5.41 Å². The van der Waals surface area contributed by atoms with Gasteiger partial charge in [0.2, 0.25) is 0 Å². The van der Waals surface area contributed by atoms with E-state index < -0.39 is 11.0 Å². The van der Waals surface area contributed by atoms with E-state index in [0.717, 1.165) is 0 Å². The Morgan fingerprint density at radius 1 is 1.56 bits per heavy atom. The van der Waals surface area contributed by atoms with Crippen molar-refractivity contribution in [3.05, 3.63) is 26.6 Å². The molecule has 0 aromatic carbocycles. The van der Waals surface area contributed by atoms with Crippen LogP contribution in [0.2, 0.25) is 10.0 Å². The summed E-state index contributed by atoms with van der Waals surface area (Å²) in [6, 6.07) is 2.15. The maximum Gasteiger partial charge on any atom is 0.287 e. The minimum Gasteiger partial charge on any atom is -0.266 e. The number of hydrogen-bond acceptors (Lipinski definition) is 3. The third-order valence-electron chi connectivity index (χ3n) is 2.19. The summed E-state index contributed by atoms with van der Waals surface area (Å²) in [5.41, 5.74) is -0.921. The SMILES string of the molecule is CC(C)(C#N)CCn1ncc(Cl)c(Cl)c1=O. The molecule has 0 aliphatic heterocycles. The van der Waals surface area contributed by atoms with Gasteiger partial charge in [0.05, 0.1) is 22.7 Å². The van der Waals surface area contributed by atoms with Crippen molar-refractivity contribution in [2.45, 2.75) is 26.8 Å². The Balaban J connectivity index is 2.89. The van der Waals surface area contributed by atoms with Crippen LogP contribution in [0.4, 0.5) is 0 Å². The van der Waals surface area contributed by atoms with E-state index in [9.17, 15) is 4.79 Å². The Labute approximate surface area is 103 Å². The van der Waals surface area contributed by atoms with Gasteiger partial charge in [-0.05, 0) is 20.3 Å². The largest absolute Gasteiger partial charge is 0.287 e. The number of halogens is 2. The Bertz CT molecular complexity index is 488. The standard InChI is InChI=1S/C10H11Cl2N3O/c1-10(2,6-13)3-4-15-9(16)8(12)7(11)5-14-15/h5H,3-4H2,1-2H3. The van der Waals surface area contributed by atoms with Crippen LogP contribution in [-0.4, -0.2) is 9.78 Å². The second-order valence-electron chi connectivity index (χ2n) is 4.08. The molecule has 16 heavy (non-hydrogen) atoms. The number of rotatable bonds is 3. The molecule has 0 unspecified atom stereocenters. The molecule has 0 fully saturated rings. The van der Waals surface area contributed by atoms with Crippen molar-refractivity contribution in [3.63, 3.8) is 0 Å². The second kappa shape index (κ2) is 4.86.